The Hall–Kier alpha value is -2.65. The number of fused-ring (bicyclic) bond motifs is 3. The normalized spacial score (nSPS) is 14.0. The summed E-state index contributed by atoms with van der Waals surface area (Å²) >= 11 is 6.31. The van der Waals surface area contributed by atoms with E-state index in [9.17, 15) is 10.1 Å². The van der Waals surface area contributed by atoms with Crippen molar-refractivity contribution in [3.8, 4) is 22.3 Å². The van der Waals surface area contributed by atoms with Gasteiger partial charge in [-0.25, -0.2) is 0 Å². The molecule has 4 heteroatoms. The first-order valence-corrected chi connectivity index (χ1v) is 8.47. The van der Waals surface area contributed by atoms with Crippen LogP contribution in [0.25, 0.3) is 22.3 Å². The molecule has 3 aromatic rings. The molecule has 4 rings (SSSR count). The van der Waals surface area contributed by atoms with E-state index >= 15 is 0 Å². The average Bonchev–Trinajstić information content (AvgIpc) is 2.82. The van der Waals surface area contributed by atoms with Crippen LogP contribution >= 0.6 is 11.6 Å². The number of hydrogen-bond donors (Lipinski definition) is 0. The van der Waals surface area contributed by atoms with Gasteiger partial charge in [-0.15, -0.1) is 0 Å². The molecule has 124 valence electrons. The van der Waals surface area contributed by atoms with Crippen molar-refractivity contribution in [2.24, 2.45) is 0 Å². The lowest BCUT2D eigenvalue weighted by Crippen LogP contribution is -2.14. The third-order valence-electron chi connectivity index (χ3n) is 5.06. The van der Waals surface area contributed by atoms with E-state index < -0.39 is 0 Å². The largest absolute Gasteiger partial charge is 0.278 e. The Morgan fingerprint density at radius 3 is 2.40 bits per heavy atom. The highest BCUT2D eigenvalue weighted by atomic mass is 35.5. The van der Waals surface area contributed by atoms with Gasteiger partial charge in [0.15, 0.2) is 0 Å². The maximum atomic E-state index is 11.4. The molecule has 0 fully saturated rings. The average molecular weight is 350 g/mol. The van der Waals surface area contributed by atoms with E-state index in [1.165, 1.54) is 22.8 Å². The fourth-order valence-electron chi connectivity index (χ4n) is 3.83. The first-order valence-electron chi connectivity index (χ1n) is 8.09. The van der Waals surface area contributed by atoms with Crippen LogP contribution in [0.1, 0.15) is 25.0 Å². The summed E-state index contributed by atoms with van der Waals surface area (Å²) in [6.45, 7) is 4.41. The molecule has 0 aliphatic heterocycles. The Kier molecular flexibility index (Phi) is 3.44. The van der Waals surface area contributed by atoms with Crippen LogP contribution in [0.5, 0.6) is 0 Å². The molecule has 0 radical (unpaired) electrons. The van der Waals surface area contributed by atoms with E-state index in [0.717, 1.165) is 11.1 Å². The maximum absolute atomic E-state index is 11.4. The van der Waals surface area contributed by atoms with E-state index in [2.05, 4.69) is 32.0 Å². The predicted octanol–water partition coefficient (Wildman–Crippen LogP) is 6.22. The molecule has 0 unspecified atom stereocenters. The highest BCUT2D eigenvalue weighted by Crippen LogP contribution is 2.50. The summed E-state index contributed by atoms with van der Waals surface area (Å²) in [5.41, 5.74) is 5.98. The number of halogens is 1. The highest BCUT2D eigenvalue weighted by Gasteiger charge is 2.35. The molecular weight excluding hydrogens is 334 g/mol. The summed E-state index contributed by atoms with van der Waals surface area (Å²) in [6.07, 6.45) is 0. The molecular formula is C21H16ClNO2. The number of rotatable bonds is 2. The van der Waals surface area contributed by atoms with Crippen LogP contribution in [0.4, 0.5) is 5.69 Å². The van der Waals surface area contributed by atoms with Crippen LogP contribution in [0, 0.1) is 10.1 Å². The van der Waals surface area contributed by atoms with E-state index in [0.29, 0.717) is 10.6 Å². The summed E-state index contributed by atoms with van der Waals surface area (Å²) in [6, 6.07) is 19.1. The van der Waals surface area contributed by atoms with Gasteiger partial charge in [-0.05, 0) is 39.9 Å². The molecule has 0 saturated heterocycles. The summed E-state index contributed by atoms with van der Waals surface area (Å²) in [4.78, 5) is 11.0. The summed E-state index contributed by atoms with van der Waals surface area (Å²) in [5, 5.41) is 11.8. The minimum atomic E-state index is -0.383. The van der Waals surface area contributed by atoms with Crippen LogP contribution in [0.2, 0.25) is 5.02 Å². The Bertz CT molecular complexity index is 1020. The van der Waals surface area contributed by atoms with Crippen LogP contribution in [0.3, 0.4) is 0 Å². The van der Waals surface area contributed by atoms with Gasteiger partial charge in [0.2, 0.25) is 0 Å². The number of hydrogen-bond acceptors (Lipinski definition) is 2. The molecule has 0 N–H and O–H groups in total. The monoisotopic (exact) mass is 349 g/mol. The molecule has 3 nitrogen and oxygen atoms in total. The van der Waals surface area contributed by atoms with Gasteiger partial charge in [0.1, 0.15) is 0 Å². The Morgan fingerprint density at radius 1 is 0.920 bits per heavy atom. The Morgan fingerprint density at radius 2 is 1.64 bits per heavy atom. The second-order valence-electron chi connectivity index (χ2n) is 6.82. The molecule has 1 aliphatic carbocycles. The molecule has 0 spiro atoms. The molecule has 3 aromatic carbocycles. The van der Waals surface area contributed by atoms with Gasteiger partial charge >= 0.3 is 0 Å². The number of nitro groups is 1. The lowest BCUT2D eigenvalue weighted by atomic mass is 9.82. The summed E-state index contributed by atoms with van der Waals surface area (Å²) in [7, 11) is 0. The number of nitro benzene ring substituents is 1. The first-order chi connectivity index (χ1) is 11.9. The lowest BCUT2D eigenvalue weighted by Gasteiger charge is -2.21. The van der Waals surface area contributed by atoms with E-state index in [1.54, 1.807) is 12.1 Å². The first kappa shape index (κ1) is 15.9. The molecule has 0 aromatic heterocycles. The second kappa shape index (κ2) is 5.43. The quantitative estimate of drug-likeness (QED) is 0.407. The van der Waals surface area contributed by atoms with Crippen molar-refractivity contribution in [3.63, 3.8) is 0 Å². The van der Waals surface area contributed by atoms with Gasteiger partial charge in [-0.3, -0.25) is 10.1 Å². The Balaban J connectivity index is 1.99. The zero-order valence-corrected chi connectivity index (χ0v) is 14.7. The third kappa shape index (κ3) is 2.27. The van der Waals surface area contributed by atoms with E-state index in [-0.39, 0.29) is 16.0 Å². The standard InChI is InChI=1S/C21H16ClNO2/c1-21(2)16-7-4-3-6-14(16)15-12-13(10-11-17(15)21)20-18(22)8-5-9-19(20)23(24)25/h3-12H,1-2H3. The van der Waals surface area contributed by atoms with Gasteiger partial charge in [0.05, 0.1) is 15.5 Å². The fourth-order valence-corrected chi connectivity index (χ4v) is 4.11. The SMILES string of the molecule is CC1(C)c2ccccc2-c2cc(-c3c(Cl)cccc3[N+](=O)[O-])ccc21. The highest BCUT2D eigenvalue weighted by molar-refractivity contribution is 6.34. The van der Waals surface area contributed by atoms with Crippen LogP contribution < -0.4 is 0 Å². The smallest absolute Gasteiger partial charge is 0.258 e. The minimum Gasteiger partial charge on any atom is -0.258 e. The van der Waals surface area contributed by atoms with E-state index in [1.807, 2.05) is 24.3 Å². The van der Waals surface area contributed by atoms with Crippen molar-refractivity contribution in [3.05, 3.63) is 86.9 Å². The molecule has 0 amide bonds. The van der Waals surface area contributed by atoms with Crippen molar-refractivity contribution in [2.75, 3.05) is 0 Å². The summed E-state index contributed by atoms with van der Waals surface area (Å²) < 4.78 is 0. The van der Waals surface area contributed by atoms with Gasteiger partial charge in [-0.2, -0.15) is 0 Å². The molecule has 0 atom stereocenters. The van der Waals surface area contributed by atoms with Crippen molar-refractivity contribution in [1.29, 1.82) is 0 Å². The van der Waals surface area contributed by atoms with Gasteiger partial charge in [-0.1, -0.05) is 67.9 Å². The van der Waals surface area contributed by atoms with Gasteiger partial charge < -0.3 is 0 Å². The minimum absolute atomic E-state index is 0.0259. The zero-order valence-electron chi connectivity index (χ0n) is 13.9. The second-order valence-corrected chi connectivity index (χ2v) is 7.23. The van der Waals surface area contributed by atoms with Crippen molar-refractivity contribution in [2.45, 2.75) is 19.3 Å². The van der Waals surface area contributed by atoms with Crippen molar-refractivity contribution in [1.82, 2.24) is 0 Å². The number of nitrogens with zero attached hydrogens (tertiary/aromatic N) is 1. The molecule has 25 heavy (non-hydrogen) atoms. The van der Waals surface area contributed by atoms with Crippen molar-refractivity contribution >= 4 is 17.3 Å². The predicted molar refractivity (Wildman–Crippen MR) is 101 cm³/mol. The molecule has 1 aliphatic rings. The molecule has 0 saturated carbocycles. The fraction of sp³-hybridized carbons (Fsp3) is 0.143. The Labute approximate surface area is 151 Å². The van der Waals surface area contributed by atoms with E-state index in [4.69, 9.17) is 11.6 Å². The van der Waals surface area contributed by atoms with Crippen molar-refractivity contribution < 1.29 is 4.92 Å². The molecule has 0 bridgehead atoms. The topological polar surface area (TPSA) is 43.1 Å². The van der Waals surface area contributed by atoms with Gasteiger partial charge in [0, 0.05) is 11.5 Å². The maximum Gasteiger partial charge on any atom is 0.278 e. The van der Waals surface area contributed by atoms with Crippen LogP contribution in [-0.4, -0.2) is 4.92 Å². The molecule has 0 heterocycles. The zero-order chi connectivity index (χ0) is 17.8. The third-order valence-corrected chi connectivity index (χ3v) is 5.38. The van der Waals surface area contributed by atoms with Crippen LogP contribution in [0.15, 0.2) is 60.7 Å². The lowest BCUT2D eigenvalue weighted by molar-refractivity contribution is -0.384. The van der Waals surface area contributed by atoms with Crippen LogP contribution in [-0.2, 0) is 5.41 Å². The summed E-state index contributed by atoms with van der Waals surface area (Å²) in [5.74, 6) is 0. The van der Waals surface area contributed by atoms with Gasteiger partial charge in [0.25, 0.3) is 5.69 Å². The number of benzene rings is 3.